The van der Waals surface area contributed by atoms with Crippen LogP contribution < -0.4 is 10.6 Å². The summed E-state index contributed by atoms with van der Waals surface area (Å²) in [6.45, 7) is 1.48. The van der Waals surface area contributed by atoms with Gasteiger partial charge in [-0.05, 0) is 30.5 Å². The van der Waals surface area contributed by atoms with Crippen LogP contribution in [-0.4, -0.2) is 11.9 Å². The molecule has 1 unspecified atom stereocenters. The van der Waals surface area contributed by atoms with Gasteiger partial charge in [-0.3, -0.25) is 10.1 Å². The number of anilines is 1. The van der Waals surface area contributed by atoms with Gasteiger partial charge >= 0.3 is 0 Å². The Kier molecular flexibility index (Phi) is 5.14. The summed E-state index contributed by atoms with van der Waals surface area (Å²) >= 11 is 0. The molecule has 0 aromatic heterocycles. The van der Waals surface area contributed by atoms with E-state index in [1.165, 1.54) is 26.2 Å². The molecule has 0 heterocycles. The summed E-state index contributed by atoms with van der Waals surface area (Å²) in [5.74, 6) is -0.0880. The molecule has 1 aromatic carbocycles. The number of nitrogens with zero attached hydrogens (tertiary/aromatic N) is 1. The molecule has 1 saturated carbocycles. The quantitative estimate of drug-likeness (QED) is 0.884. The van der Waals surface area contributed by atoms with Crippen molar-refractivity contribution in [3.63, 3.8) is 0 Å². The average Bonchev–Trinajstić information content (AvgIpc) is 2.46. The van der Waals surface area contributed by atoms with Crippen molar-refractivity contribution >= 4 is 11.6 Å². The van der Waals surface area contributed by atoms with Gasteiger partial charge in [-0.15, -0.1) is 0 Å². The van der Waals surface area contributed by atoms with Crippen molar-refractivity contribution in [2.24, 2.45) is 0 Å². The second kappa shape index (κ2) is 7.06. The summed E-state index contributed by atoms with van der Waals surface area (Å²) in [7, 11) is 0. The van der Waals surface area contributed by atoms with Crippen LogP contribution >= 0.6 is 0 Å². The minimum Gasteiger partial charge on any atom is -0.326 e. The van der Waals surface area contributed by atoms with E-state index >= 15 is 0 Å². The van der Waals surface area contributed by atoms with E-state index in [9.17, 15) is 10.1 Å². The van der Waals surface area contributed by atoms with Gasteiger partial charge in [0.05, 0.1) is 6.07 Å². The van der Waals surface area contributed by atoms with Crippen molar-refractivity contribution in [1.29, 1.82) is 5.26 Å². The highest BCUT2D eigenvalue weighted by molar-refractivity contribution is 5.88. The highest BCUT2D eigenvalue weighted by Crippen LogP contribution is 2.22. The Hall–Kier alpha value is -1.86. The van der Waals surface area contributed by atoms with E-state index in [-0.39, 0.29) is 11.9 Å². The lowest BCUT2D eigenvalue weighted by molar-refractivity contribution is -0.114. The molecule has 4 nitrogen and oxygen atoms in total. The van der Waals surface area contributed by atoms with Gasteiger partial charge in [0.15, 0.2) is 0 Å². The first-order valence-electron chi connectivity index (χ1n) is 7.22. The topological polar surface area (TPSA) is 64.9 Å². The molecule has 4 heteroatoms. The van der Waals surface area contributed by atoms with Gasteiger partial charge in [0.25, 0.3) is 0 Å². The van der Waals surface area contributed by atoms with Crippen molar-refractivity contribution in [1.82, 2.24) is 5.32 Å². The van der Waals surface area contributed by atoms with Crippen LogP contribution in [0.5, 0.6) is 0 Å². The van der Waals surface area contributed by atoms with E-state index in [0.29, 0.717) is 6.04 Å². The molecule has 2 rings (SSSR count). The van der Waals surface area contributed by atoms with Crippen molar-refractivity contribution in [2.45, 2.75) is 51.1 Å². The molecular formula is C16H21N3O. The predicted octanol–water partition coefficient (Wildman–Crippen LogP) is 3.13. The zero-order valence-electron chi connectivity index (χ0n) is 11.9. The number of nitrogens with one attached hydrogen (secondary N) is 2. The summed E-state index contributed by atoms with van der Waals surface area (Å²) in [6, 6.07) is 9.97. The van der Waals surface area contributed by atoms with Gasteiger partial charge in [-0.2, -0.15) is 5.26 Å². The number of benzene rings is 1. The lowest BCUT2D eigenvalue weighted by Crippen LogP contribution is -2.33. The molecule has 1 atom stereocenters. The van der Waals surface area contributed by atoms with Crippen LogP contribution in [0, 0.1) is 11.3 Å². The molecule has 0 radical (unpaired) electrons. The number of carbonyl (C=O) groups is 1. The van der Waals surface area contributed by atoms with Crippen molar-refractivity contribution < 1.29 is 4.79 Å². The Bertz CT molecular complexity index is 483. The first-order chi connectivity index (χ1) is 9.69. The van der Waals surface area contributed by atoms with Gasteiger partial charge in [-0.1, -0.05) is 31.4 Å². The molecule has 1 aliphatic carbocycles. The summed E-state index contributed by atoms with van der Waals surface area (Å²) in [4.78, 5) is 11.0. The second-order valence-electron chi connectivity index (χ2n) is 5.37. The highest BCUT2D eigenvalue weighted by Gasteiger charge is 2.18. The Morgan fingerprint density at radius 3 is 2.45 bits per heavy atom. The molecule has 1 aliphatic rings. The molecule has 1 amide bonds. The standard InChI is InChI=1S/C16H21N3O/c1-12(20)18-15-9-7-13(8-10-15)16(11-17)19-14-5-3-2-4-6-14/h7-10,14,16,19H,2-6H2,1H3,(H,18,20). The monoisotopic (exact) mass is 271 g/mol. The normalized spacial score (nSPS) is 17.2. The lowest BCUT2D eigenvalue weighted by atomic mass is 9.94. The van der Waals surface area contributed by atoms with E-state index in [2.05, 4.69) is 16.7 Å². The molecule has 20 heavy (non-hydrogen) atoms. The molecule has 0 spiro atoms. The Morgan fingerprint density at radius 2 is 1.90 bits per heavy atom. The highest BCUT2D eigenvalue weighted by atomic mass is 16.1. The zero-order chi connectivity index (χ0) is 14.4. The number of hydrogen-bond donors (Lipinski definition) is 2. The fourth-order valence-corrected chi connectivity index (χ4v) is 2.68. The number of hydrogen-bond acceptors (Lipinski definition) is 3. The minimum atomic E-state index is -0.274. The first-order valence-corrected chi connectivity index (χ1v) is 7.22. The molecule has 1 fully saturated rings. The predicted molar refractivity (Wildman–Crippen MR) is 79.1 cm³/mol. The first kappa shape index (κ1) is 14.5. The largest absolute Gasteiger partial charge is 0.326 e. The third-order valence-corrected chi connectivity index (χ3v) is 3.70. The number of nitriles is 1. The number of carbonyl (C=O) groups excluding carboxylic acids is 1. The van der Waals surface area contributed by atoms with E-state index < -0.39 is 0 Å². The van der Waals surface area contributed by atoms with Crippen LogP contribution in [0.4, 0.5) is 5.69 Å². The molecule has 0 bridgehead atoms. The van der Waals surface area contributed by atoms with Gasteiger partial charge in [0, 0.05) is 18.7 Å². The summed E-state index contributed by atoms with van der Waals surface area (Å²) in [5.41, 5.74) is 1.71. The van der Waals surface area contributed by atoms with Crippen LogP contribution in [0.2, 0.25) is 0 Å². The van der Waals surface area contributed by atoms with Crippen LogP contribution in [0.3, 0.4) is 0 Å². The lowest BCUT2D eigenvalue weighted by Gasteiger charge is -2.25. The van der Waals surface area contributed by atoms with Crippen molar-refractivity contribution in [3.05, 3.63) is 29.8 Å². The molecule has 0 saturated heterocycles. The van der Waals surface area contributed by atoms with Crippen molar-refractivity contribution in [2.75, 3.05) is 5.32 Å². The Labute approximate surface area is 120 Å². The fourth-order valence-electron chi connectivity index (χ4n) is 2.68. The van der Waals surface area contributed by atoms with Gasteiger partial charge in [-0.25, -0.2) is 0 Å². The number of rotatable bonds is 4. The molecule has 2 N–H and O–H groups in total. The van der Waals surface area contributed by atoms with Crippen LogP contribution in [0.1, 0.15) is 50.6 Å². The van der Waals surface area contributed by atoms with Crippen LogP contribution in [-0.2, 0) is 4.79 Å². The van der Waals surface area contributed by atoms with Crippen LogP contribution in [0.15, 0.2) is 24.3 Å². The van der Waals surface area contributed by atoms with Gasteiger partial charge < -0.3 is 5.32 Å². The summed E-state index contributed by atoms with van der Waals surface area (Å²) in [6.07, 6.45) is 6.11. The maximum Gasteiger partial charge on any atom is 0.221 e. The Balaban J connectivity index is 2.00. The second-order valence-corrected chi connectivity index (χ2v) is 5.37. The third-order valence-electron chi connectivity index (χ3n) is 3.70. The molecular weight excluding hydrogens is 250 g/mol. The summed E-state index contributed by atoms with van der Waals surface area (Å²) < 4.78 is 0. The van der Waals surface area contributed by atoms with Gasteiger partial charge in [0.1, 0.15) is 6.04 Å². The number of amides is 1. The average molecular weight is 271 g/mol. The van der Waals surface area contributed by atoms with E-state index in [1.54, 1.807) is 0 Å². The Morgan fingerprint density at radius 1 is 1.25 bits per heavy atom. The van der Waals surface area contributed by atoms with Crippen molar-refractivity contribution in [3.8, 4) is 6.07 Å². The fraction of sp³-hybridized carbons (Fsp3) is 0.500. The van der Waals surface area contributed by atoms with Gasteiger partial charge in [0.2, 0.25) is 5.91 Å². The van der Waals surface area contributed by atoms with Crippen LogP contribution in [0.25, 0.3) is 0 Å². The maximum atomic E-state index is 11.0. The SMILES string of the molecule is CC(=O)Nc1ccc(C(C#N)NC2CCCCC2)cc1. The molecule has 106 valence electrons. The minimum absolute atomic E-state index is 0.0880. The molecule has 0 aliphatic heterocycles. The maximum absolute atomic E-state index is 11.0. The smallest absolute Gasteiger partial charge is 0.221 e. The summed E-state index contributed by atoms with van der Waals surface area (Å²) in [5, 5.41) is 15.5. The van der Waals surface area contributed by atoms with E-state index in [0.717, 1.165) is 24.1 Å². The molecule has 1 aromatic rings. The zero-order valence-corrected chi connectivity index (χ0v) is 11.9. The van der Waals surface area contributed by atoms with E-state index in [1.807, 2.05) is 24.3 Å². The third kappa shape index (κ3) is 4.07. The van der Waals surface area contributed by atoms with E-state index in [4.69, 9.17) is 0 Å².